The molecule has 128 valence electrons. The lowest BCUT2D eigenvalue weighted by molar-refractivity contribution is -0.117. The molecule has 0 saturated carbocycles. The number of amides is 1. The Morgan fingerprint density at radius 1 is 1.42 bits per heavy atom. The topological polar surface area (TPSA) is 79.9 Å². The first-order chi connectivity index (χ1) is 11.4. The number of benzene rings is 1. The summed E-state index contributed by atoms with van der Waals surface area (Å²) in [5.74, 6) is 1.85. The molecule has 2 aromatic rings. The van der Waals surface area contributed by atoms with Crippen LogP contribution in [-0.2, 0) is 4.79 Å². The zero-order chi connectivity index (χ0) is 17.7. The van der Waals surface area contributed by atoms with E-state index < -0.39 is 0 Å². The number of hydrogen-bond donors (Lipinski definition) is 2. The van der Waals surface area contributed by atoms with Gasteiger partial charge in [0.25, 0.3) is 0 Å². The number of ether oxygens (including phenoxy) is 1. The Kier molecular flexibility index (Phi) is 5.98. The third-order valence-corrected chi connectivity index (χ3v) is 3.70. The fourth-order valence-electron chi connectivity index (χ4n) is 2.23. The van der Waals surface area contributed by atoms with Crippen molar-refractivity contribution in [1.82, 2.24) is 20.5 Å². The lowest BCUT2D eigenvalue weighted by Crippen LogP contribution is -2.31. The third kappa shape index (κ3) is 4.58. The predicted molar refractivity (Wildman–Crippen MR) is 93.9 cm³/mol. The Labute approximate surface area is 146 Å². The summed E-state index contributed by atoms with van der Waals surface area (Å²) in [5, 5.41) is 10.4. The Balaban J connectivity index is 2.12. The second-order valence-electron chi connectivity index (χ2n) is 5.73. The molecule has 24 heavy (non-hydrogen) atoms. The SMILES string of the molecule is COc1ccc(Cl)cc1/C=C\C(=O)N[C@H](c1n[nH]c(C)n1)C(C)C. The molecule has 0 saturated heterocycles. The quantitative estimate of drug-likeness (QED) is 0.785. The van der Waals surface area contributed by atoms with Gasteiger partial charge >= 0.3 is 0 Å². The second-order valence-corrected chi connectivity index (χ2v) is 6.17. The van der Waals surface area contributed by atoms with Gasteiger partial charge in [-0.15, -0.1) is 0 Å². The number of methoxy groups -OCH3 is 1. The van der Waals surface area contributed by atoms with E-state index in [0.29, 0.717) is 22.4 Å². The molecule has 2 rings (SSSR count). The Morgan fingerprint density at radius 3 is 2.75 bits per heavy atom. The van der Waals surface area contributed by atoms with Gasteiger partial charge in [-0.3, -0.25) is 9.89 Å². The van der Waals surface area contributed by atoms with Gasteiger partial charge in [0.1, 0.15) is 11.6 Å². The average Bonchev–Trinajstić information content (AvgIpc) is 2.96. The summed E-state index contributed by atoms with van der Waals surface area (Å²) < 4.78 is 5.26. The summed E-state index contributed by atoms with van der Waals surface area (Å²) in [6, 6.07) is 4.96. The zero-order valence-electron chi connectivity index (χ0n) is 14.1. The van der Waals surface area contributed by atoms with Crippen molar-refractivity contribution in [2.24, 2.45) is 5.92 Å². The molecule has 7 heteroatoms. The highest BCUT2D eigenvalue weighted by atomic mass is 35.5. The molecule has 2 N–H and O–H groups in total. The molecule has 1 atom stereocenters. The molecule has 0 radical (unpaired) electrons. The lowest BCUT2D eigenvalue weighted by Gasteiger charge is -2.18. The number of H-pyrrole nitrogens is 1. The van der Waals surface area contributed by atoms with Crippen molar-refractivity contribution in [2.75, 3.05) is 7.11 Å². The number of hydrogen-bond acceptors (Lipinski definition) is 4. The normalized spacial score (nSPS) is 12.6. The van der Waals surface area contributed by atoms with Crippen LogP contribution in [0.1, 0.15) is 37.1 Å². The highest BCUT2D eigenvalue weighted by molar-refractivity contribution is 6.30. The summed E-state index contributed by atoms with van der Waals surface area (Å²) in [7, 11) is 1.57. The van der Waals surface area contributed by atoms with Crippen molar-refractivity contribution in [2.45, 2.75) is 26.8 Å². The predicted octanol–water partition coefficient (Wildman–Crippen LogP) is 3.30. The molecule has 0 spiro atoms. The van der Waals surface area contributed by atoms with Crippen molar-refractivity contribution in [3.05, 3.63) is 46.5 Å². The van der Waals surface area contributed by atoms with Gasteiger partial charge in [-0.25, -0.2) is 4.98 Å². The second kappa shape index (κ2) is 7.97. The summed E-state index contributed by atoms with van der Waals surface area (Å²) in [6.07, 6.45) is 3.11. The standard InChI is InChI=1S/C17H21ClN4O2/c1-10(2)16(17-19-11(3)21-22-17)20-15(23)8-5-12-9-13(18)6-7-14(12)24-4/h5-10,16H,1-4H3,(H,20,23)(H,19,21,22)/b8-5-/t16-/m0/s1. The van der Waals surface area contributed by atoms with Crippen molar-refractivity contribution >= 4 is 23.6 Å². The molecule has 0 aliphatic rings. The minimum absolute atomic E-state index is 0.151. The average molecular weight is 349 g/mol. The molecule has 1 heterocycles. The largest absolute Gasteiger partial charge is 0.496 e. The van der Waals surface area contributed by atoms with Gasteiger partial charge in [0, 0.05) is 16.7 Å². The van der Waals surface area contributed by atoms with Crippen LogP contribution in [0.15, 0.2) is 24.3 Å². The smallest absolute Gasteiger partial charge is 0.244 e. The molecule has 0 aliphatic heterocycles. The van der Waals surface area contributed by atoms with E-state index in [-0.39, 0.29) is 17.9 Å². The fraction of sp³-hybridized carbons (Fsp3) is 0.353. The van der Waals surface area contributed by atoms with E-state index in [9.17, 15) is 4.79 Å². The molecule has 0 bridgehead atoms. The van der Waals surface area contributed by atoms with Gasteiger partial charge in [0.2, 0.25) is 5.91 Å². The first kappa shape index (κ1) is 18.0. The number of aromatic amines is 1. The highest BCUT2D eigenvalue weighted by Crippen LogP contribution is 2.24. The van der Waals surface area contributed by atoms with Gasteiger partial charge < -0.3 is 10.1 Å². The van der Waals surface area contributed by atoms with Crippen LogP contribution in [0.5, 0.6) is 5.75 Å². The molecule has 0 unspecified atom stereocenters. The Bertz CT molecular complexity index is 740. The maximum atomic E-state index is 12.3. The minimum Gasteiger partial charge on any atom is -0.496 e. The van der Waals surface area contributed by atoms with Crippen LogP contribution in [0.25, 0.3) is 6.08 Å². The van der Waals surface area contributed by atoms with E-state index >= 15 is 0 Å². The number of rotatable bonds is 6. The van der Waals surface area contributed by atoms with E-state index in [2.05, 4.69) is 20.5 Å². The number of carbonyl (C=O) groups excluding carboxylic acids is 1. The molecule has 1 amide bonds. The maximum Gasteiger partial charge on any atom is 0.244 e. The van der Waals surface area contributed by atoms with Crippen LogP contribution in [0.4, 0.5) is 0 Å². The van der Waals surface area contributed by atoms with Gasteiger partial charge in [-0.05, 0) is 37.1 Å². The Morgan fingerprint density at radius 2 is 2.17 bits per heavy atom. The maximum absolute atomic E-state index is 12.3. The van der Waals surface area contributed by atoms with E-state index in [1.807, 2.05) is 20.8 Å². The molecule has 0 aliphatic carbocycles. The number of halogens is 1. The van der Waals surface area contributed by atoms with Crippen molar-refractivity contribution in [3.63, 3.8) is 0 Å². The van der Waals surface area contributed by atoms with Crippen LogP contribution in [0.3, 0.4) is 0 Å². The Hall–Kier alpha value is -2.34. The highest BCUT2D eigenvalue weighted by Gasteiger charge is 2.21. The molecule has 6 nitrogen and oxygen atoms in total. The van der Waals surface area contributed by atoms with Crippen LogP contribution in [-0.4, -0.2) is 28.2 Å². The van der Waals surface area contributed by atoms with Crippen molar-refractivity contribution in [1.29, 1.82) is 0 Å². The van der Waals surface area contributed by atoms with Crippen LogP contribution < -0.4 is 10.1 Å². The van der Waals surface area contributed by atoms with Crippen molar-refractivity contribution in [3.8, 4) is 5.75 Å². The molecular weight excluding hydrogens is 328 g/mol. The minimum atomic E-state index is -0.270. The third-order valence-electron chi connectivity index (χ3n) is 3.46. The van der Waals surface area contributed by atoms with E-state index in [1.54, 1.807) is 31.4 Å². The zero-order valence-corrected chi connectivity index (χ0v) is 14.9. The van der Waals surface area contributed by atoms with Crippen LogP contribution >= 0.6 is 11.6 Å². The van der Waals surface area contributed by atoms with Gasteiger partial charge in [-0.1, -0.05) is 25.4 Å². The van der Waals surface area contributed by atoms with E-state index in [0.717, 1.165) is 5.56 Å². The van der Waals surface area contributed by atoms with Gasteiger partial charge in [0.15, 0.2) is 5.82 Å². The number of carbonyl (C=O) groups is 1. The van der Waals surface area contributed by atoms with Crippen LogP contribution in [0.2, 0.25) is 5.02 Å². The van der Waals surface area contributed by atoms with Crippen molar-refractivity contribution < 1.29 is 9.53 Å². The van der Waals surface area contributed by atoms with Gasteiger partial charge in [-0.2, -0.15) is 5.10 Å². The molecular formula is C17H21ClN4O2. The van der Waals surface area contributed by atoms with E-state index in [1.165, 1.54) is 6.08 Å². The first-order valence-corrected chi connectivity index (χ1v) is 7.99. The molecule has 1 aromatic heterocycles. The summed E-state index contributed by atoms with van der Waals surface area (Å²) in [6.45, 7) is 5.82. The molecule has 0 fully saturated rings. The fourth-order valence-corrected chi connectivity index (χ4v) is 2.41. The number of nitrogens with one attached hydrogen (secondary N) is 2. The first-order valence-electron chi connectivity index (χ1n) is 7.61. The lowest BCUT2D eigenvalue weighted by atomic mass is 10.0. The van der Waals surface area contributed by atoms with Gasteiger partial charge in [0.05, 0.1) is 13.2 Å². The summed E-state index contributed by atoms with van der Waals surface area (Å²) in [4.78, 5) is 16.6. The van der Waals surface area contributed by atoms with E-state index in [4.69, 9.17) is 16.3 Å². The summed E-state index contributed by atoms with van der Waals surface area (Å²) >= 11 is 5.99. The number of aryl methyl sites for hydroxylation is 1. The monoisotopic (exact) mass is 348 g/mol. The number of aromatic nitrogens is 3. The number of nitrogens with zero attached hydrogens (tertiary/aromatic N) is 2. The molecule has 1 aromatic carbocycles. The van der Waals surface area contributed by atoms with Crippen LogP contribution in [0, 0.1) is 12.8 Å². The summed E-state index contributed by atoms with van der Waals surface area (Å²) in [5.41, 5.74) is 0.731.